The van der Waals surface area contributed by atoms with Gasteiger partial charge in [-0.05, 0) is 37.1 Å². The van der Waals surface area contributed by atoms with Crippen molar-refractivity contribution in [3.63, 3.8) is 0 Å². The first-order valence-corrected chi connectivity index (χ1v) is 7.39. The molecule has 2 bridgehead atoms. The first kappa shape index (κ1) is 12.6. The summed E-state index contributed by atoms with van der Waals surface area (Å²) in [6.07, 6.45) is 2.87. The zero-order valence-electron chi connectivity index (χ0n) is 11.7. The van der Waals surface area contributed by atoms with Crippen LogP contribution in [0.25, 0.3) is 11.3 Å². The van der Waals surface area contributed by atoms with Gasteiger partial charge in [-0.3, -0.25) is 9.78 Å². The lowest BCUT2D eigenvalue weighted by Gasteiger charge is -2.37. The summed E-state index contributed by atoms with van der Waals surface area (Å²) in [7, 11) is 0. The van der Waals surface area contributed by atoms with E-state index in [1.165, 1.54) is 0 Å². The molecule has 21 heavy (non-hydrogen) atoms. The first-order chi connectivity index (χ1) is 10.2. The fourth-order valence-electron chi connectivity index (χ4n) is 3.60. The molecule has 4 heterocycles. The van der Waals surface area contributed by atoms with Gasteiger partial charge in [0, 0.05) is 42.5 Å². The Morgan fingerprint density at radius 1 is 1.33 bits per heavy atom. The number of nitrogen functional groups attached to an aromatic ring is 1. The average Bonchev–Trinajstić information content (AvgIpc) is 2.49. The van der Waals surface area contributed by atoms with Crippen molar-refractivity contribution in [3.05, 3.63) is 46.5 Å². The van der Waals surface area contributed by atoms with Gasteiger partial charge >= 0.3 is 0 Å². The molecule has 3 N–H and O–H groups in total. The maximum absolute atomic E-state index is 12.5. The monoisotopic (exact) mass is 282 g/mol. The summed E-state index contributed by atoms with van der Waals surface area (Å²) in [5, 5.41) is 3.46. The van der Waals surface area contributed by atoms with Crippen molar-refractivity contribution in [2.24, 2.45) is 5.92 Å². The number of hydrogen-bond acceptors (Lipinski definition) is 4. The van der Waals surface area contributed by atoms with Crippen LogP contribution in [0.4, 0.5) is 5.69 Å². The number of nitrogens with two attached hydrogens (primary N) is 1. The van der Waals surface area contributed by atoms with E-state index in [-0.39, 0.29) is 5.56 Å². The van der Waals surface area contributed by atoms with E-state index in [2.05, 4.69) is 16.4 Å². The third-order valence-electron chi connectivity index (χ3n) is 4.57. The van der Waals surface area contributed by atoms with Crippen LogP contribution in [-0.4, -0.2) is 22.6 Å². The van der Waals surface area contributed by atoms with Crippen LogP contribution in [0.5, 0.6) is 0 Å². The van der Waals surface area contributed by atoms with Crippen molar-refractivity contribution in [2.75, 3.05) is 18.8 Å². The lowest BCUT2D eigenvalue weighted by atomic mass is 9.83. The topological polar surface area (TPSA) is 72.9 Å². The van der Waals surface area contributed by atoms with Crippen LogP contribution in [0.1, 0.15) is 18.0 Å². The molecule has 0 amide bonds. The first-order valence-electron chi connectivity index (χ1n) is 7.39. The molecule has 5 heteroatoms. The number of piperidine rings is 1. The maximum atomic E-state index is 12.5. The molecule has 0 aliphatic carbocycles. The molecule has 2 aromatic heterocycles. The minimum absolute atomic E-state index is 0.0594. The molecule has 2 atom stereocenters. The van der Waals surface area contributed by atoms with E-state index in [0.717, 1.165) is 37.3 Å². The zero-order chi connectivity index (χ0) is 14.4. The number of nitrogens with one attached hydrogen (secondary N) is 1. The quantitative estimate of drug-likeness (QED) is 0.824. The van der Waals surface area contributed by atoms with Gasteiger partial charge in [0.1, 0.15) is 0 Å². The summed E-state index contributed by atoms with van der Waals surface area (Å²) >= 11 is 0. The van der Waals surface area contributed by atoms with Crippen LogP contribution in [0.2, 0.25) is 0 Å². The molecule has 1 fully saturated rings. The van der Waals surface area contributed by atoms with Crippen molar-refractivity contribution in [1.29, 1.82) is 0 Å². The third-order valence-corrected chi connectivity index (χ3v) is 4.57. The van der Waals surface area contributed by atoms with Crippen LogP contribution in [0, 0.1) is 5.92 Å². The van der Waals surface area contributed by atoms with Gasteiger partial charge in [-0.25, -0.2) is 0 Å². The molecule has 108 valence electrons. The van der Waals surface area contributed by atoms with E-state index in [9.17, 15) is 4.79 Å². The summed E-state index contributed by atoms with van der Waals surface area (Å²) in [5.41, 5.74) is 9.31. The lowest BCUT2D eigenvalue weighted by molar-refractivity contribution is 0.257. The van der Waals surface area contributed by atoms with Crippen molar-refractivity contribution in [3.8, 4) is 11.3 Å². The number of anilines is 1. The van der Waals surface area contributed by atoms with Gasteiger partial charge in [0.25, 0.3) is 5.56 Å². The van der Waals surface area contributed by atoms with Crippen LogP contribution in [-0.2, 0) is 6.54 Å². The molecule has 0 aromatic carbocycles. The largest absolute Gasteiger partial charge is 0.397 e. The Labute approximate surface area is 122 Å². The number of aromatic nitrogens is 2. The van der Waals surface area contributed by atoms with Gasteiger partial charge in [-0.1, -0.05) is 0 Å². The summed E-state index contributed by atoms with van der Waals surface area (Å²) in [5.74, 6) is 0.981. The van der Waals surface area contributed by atoms with Crippen LogP contribution in [0.15, 0.2) is 35.3 Å². The molecule has 0 radical (unpaired) electrons. The summed E-state index contributed by atoms with van der Waals surface area (Å²) in [4.78, 5) is 16.8. The number of pyridine rings is 2. The Morgan fingerprint density at radius 3 is 3.10 bits per heavy atom. The average molecular weight is 282 g/mol. The second-order valence-corrected chi connectivity index (χ2v) is 6.02. The highest BCUT2D eigenvalue weighted by Crippen LogP contribution is 2.34. The molecular weight excluding hydrogens is 264 g/mol. The Hall–Kier alpha value is -2.14. The predicted octanol–water partition coefficient (Wildman–Crippen LogP) is 1.20. The smallest absolute Gasteiger partial charge is 0.251 e. The van der Waals surface area contributed by atoms with E-state index >= 15 is 0 Å². The Balaban J connectivity index is 1.88. The highest BCUT2D eigenvalue weighted by Gasteiger charge is 2.31. The molecular formula is C16H18N4O. The van der Waals surface area contributed by atoms with Gasteiger partial charge in [-0.2, -0.15) is 0 Å². The van der Waals surface area contributed by atoms with E-state index < -0.39 is 0 Å². The highest BCUT2D eigenvalue weighted by molar-refractivity contribution is 5.72. The van der Waals surface area contributed by atoms with Crippen LogP contribution >= 0.6 is 0 Å². The van der Waals surface area contributed by atoms with E-state index in [0.29, 0.717) is 23.2 Å². The van der Waals surface area contributed by atoms with E-state index in [1.807, 2.05) is 10.6 Å². The fraction of sp³-hybridized carbons (Fsp3) is 0.375. The predicted molar refractivity (Wildman–Crippen MR) is 82.1 cm³/mol. The van der Waals surface area contributed by atoms with Gasteiger partial charge < -0.3 is 15.6 Å². The molecule has 4 rings (SSSR count). The molecule has 2 aliphatic rings. The SMILES string of the molecule is Nc1cccnc1-c1cc2n(c(=O)c1)C[C@@H]1CNC[C@H]2C1. The molecule has 5 nitrogen and oxygen atoms in total. The van der Waals surface area contributed by atoms with Crippen molar-refractivity contribution < 1.29 is 0 Å². The number of nitrogens with zero attached hydrogens (tertiary/aromatic N) is 2. The molecule has 2 aliphatic heterocycles. The second kappa shape index (κ2) is 4.70. The van der Waals surface area contributed by atoms with Gasteiger partial charge in [0.15, 0.2) is 0 Å². The molecule has 0 saturated carbocycles. The minimum atomic E-state index is 0.0594. The second-order valence-electron chi connectivity index (χ2n) is 6.02. The molecule has 2 aromatic rings. The molecule has 0 unspecified atom stereocenters. The minimum Gasteiger partial charge on any atom is -0.397 e. The third kappa shape index (κ3) is 2.05. The summed E-state index contributed by atoms with van der Waals surface area (Å²) in [6, 6.07) is 7.38. The lowest BCUT2D eigenvalue weighted by Crippen LogP contribution is -2.44. The van der Waals surface area contributed by atoms with Gasteiger partial charge in [0.05, 0.1) is 11.4 Å². The fourth-order valence-corrected chi connectivity index (χ4v) is 3.60. The summed E-state index contributed by atoms with van der Waals surface area (Å²) < 4.78 is 1.93. The molecule has 0 spiro atoms. The highest BCUT2D eigenvalue weighted by atomic mass is 16.1. The van der Waals surface area contributed by atoms with Crippen molar-refractivity contribution in [1.82, 2.24) is 14.9 Å². The Morgan fingerprint density at radius 2 is 2.24 bits per heavy atom. The summed E-state index contributed by atoms with van der Waals surface area (Å²) in [6.45, 7) is 2.77. The maximum Gasteiger partial charge on any atom is 0.251 e. The zero-order valence-corrected chi connectivity index (χ0v) is 11.7. The Bertz CT molecular complexity index is 752. The van der Waals surface area contributed by atoms with Crippen LogP contribution in [0.3, 0.4) is 0 Å². The standard InChI is InChI=1S/C16H18N4O/c17-13-2-1-3-19-16(13)11-5-14-12-4-10(7-18-8-12)9-20(14)15(21)6-11/h1-3,5-6,10,12,18H,4,7-9,17H2/t10-,12+/m0/s1. The normalized spacial score (nSPS) is 23.6. The van der Waals surface area contributed by atoms with Gasteiger partial charge in [0.2, 0.25) is 0 Å². The number of rotatable bonds is 1. The van der Waals surface area contributed by atoms with Crippen molar-refractivity contribution in [2.45, 2.75) is 18.9 Å². The van der Waals surface area contributed by atoms with Gasteiger partial charge in [-0.15, -0.1) is 0 Å². The van der Waals surface area contributed by atoms with Crippen molar-refractivity contribution >= 4 is 5.69 Å². The molecule has 1 saturated heterocycles. The number of hydrogen-bond donors (Lipinski definition) is 2. The van der Waals surface area contributed by atoms with Crippen LogP contribution < -0.4 is 16.6 Å². The Kier molecular flexibility index (Phi) is 2.82. The number of fused-ring (bicyclic) bond motifs is 4. The van der Waals surface area contributed by atoms with E-state index in [4.69, 9.17) is 5.73 Å². The van der Waals surface area contributed by atoms with E-state index in [1.54, 1.807) is 18.3 Å².